The fourth-order valence-corrected chi connectivity index (χ4v) is 2.47. The number of halogens is 1. The lowest BCUT2D eigenvalue weighted by Crippen LogP contribution is -2.01. The quantitative estimate of drug-likeness (QED) is 0.945. The van der Waals surface area contributed by atoms with E-state index < -0.39 is 6.10 Å². The zero-order valence-corrected chi connectivity index (χ0v) is 11.0. The first-order chi connectivity index (χ1) is 7.66. The summed E-state index contributed by atoms with van der Waals surface area (Å²) in [7, 11) is 0. The Hall–Kier alpha value is -0.850. The molecule has 1 N–H and O–H groups in total. The molecule has 1 atom stereocenters. The van der Waals surface area contributed by atoms with Gasteiger partial charge >= 0.3 is 0 Å². The molecule has 0 amide bonds. The van der Waals surface area contributed by atoms with Gasteiger partial charge in [-0.05, 0) is 46.0 Å². The molecule has 0 radical (unpaired) electrons. The summed E-state index contributed by atoms with van der Waals surface area (Å²) in [5.74, 6) is 0. The molecule has 84 valence electrons. The highest BCUT2D eigenvalue weighted by Gasteiger charge is 2.14. The van der Waals surface area contributed by atoms with Gasteiger partial charge in [-0.1, -0.05) is 4.49 Å². The lowest BCUT2D eigenvalue weighted by atomic mass is 10.1. The summed E-state index contributed by atoms with van der Waals surface area (Å²) >= 11 is 4.59. The second kappa shape index (κ2) is 4.99. The van der Waals surface area contributed by atoms with Gasteiger partial charge in [0.15, 0.2) is 0 Å². The van der Waals surface area contributed by atoms with Crippen LogP contribution in [0, 0.1) is 6.92 Å². The van der Waals surface area contributed by atoms with Gasteiger partial charge in [-0.25, -0.2) is 0 Å². The highest BCUT2D eigenvalue weighted by atomic mass is 79.9. The number of pyridine rings is 1. The Morgan fingerprint density at radius 3 is 2.94 bits per heavy atom. The molecule has 0 aromatic carbocycles. The summed E-state index contributed by atoms with van der Waals surface area (Å²) in [5, 5.41) is 13.9. The first-order valence-corrected chi connectivity index (χ1v) is 6.30. The Kier molecular flexibility index (Phi) is 3.63. The molecule has 4 nitrogen and oxygen atoms in total. The maximum atomic E-state index is 10.0. The summed E-state index contributed by atoms with van der Waals surface area (Å²) in [4.78, 5) is 4.87. The van der Waals surface area contributed by atoms with E-state index in [4.69, 9.17) is 0 Å². The SMILES string of the molecule is Cc1nnsc1C(O)Cc1cncc(Br)c1. The van der Waals surface area contributed by atoms with Gasteiger partial charge in [0.1, 0.15) is 0 Å². The highest BCUT2D eigenvalue weighted by Crippen LogP contribution is 2.23. The Bertz CT molecular complexity index is 488. The molecule has 0 saturated carbocycles. The van der Waals surface area contributed by atoms with Gasteiger partial charge in [-0.2, -0.15) is 0 Å². The topological polar surface area (TPSA) is 58.9 Å². The summed E-state index contributed by atoms with van der Waals surface area (Å²) in [6.07, 6.45) is 3.43. The second-order valence-electron chi connectivity index (χ2n) is 3.45. The lowest BCUT2D eigenvalue weighted by molar-refractivity contribution is 0.181. The van der Waals surface area contributed by atoms with Crippen LogP contribution in [0.3, 0.4) is 0 Å². The van der Waals surface area contributed by atoms with Crippen molar-refractivity contribution in [3.63, 3.8) is 0 Å². The summed E-state index contributed by atoms with van der Waals surface area (Å²) in [6.45, 7) is 1.85. The van der Waals surface area contributed by atoms with Crippen LogP contribution in [0.4, 0.5) is 0 Å². The minimum atomic E-state index is -0.559. The van der Waals surface area contributed by atoms with Crippen molar-refractivity contribution in [3.8, 4) is 0 Å². The third-order valence-corrected chi connectivity index (χ3v) is 3.54. The zero-order valence-electron chi connectivity index (χ0n) is 8.59. The zero-order chi connectivity index (χ0) is 11.5. The van der Waals surface area contributed by atoms with E-state index in [1.54, 1.807) is 12.4 Å². The van der Waals surface area contributed by atoms with E-state index in [2.05, 4.69) is 30.5 Å². The molecule has 0 aliphatic rings. The number of aryl methyl sites for hydroxylation is 1. The molecular formula is C10H10BrN3OS. The van der Waals surface area contributed by atoms with Gasteiger partial charge < -0.3 is 5.11 Å². The number of aliphatic hydroxyl groups is 1. The average Bonchev–Trinajstić information content (AvgIpc) is 2.64. The first kappa shape index (κ1) is 11.6. The fourth-order valence-electron chi connectivity index (χ4n) is 1.43. The molecule has 0 aliphatic carbocycles. The van der Waals surface area contributed by atoms with Crippen molar-refractivity contribution in [2.24, 2.45) is 0 Å². The normalized spacial score (nSPS) is 12.7. The Morgan fingerprint density at radius 2 is 2.31 bits per heavy atom. The molecule has 0 aliphatic heterocycles. The summed E-state index contributed by atoms with van der Waals surface area (Å²) < 4.78 is 4.72. The molecule has 2 aromatic heterocycles. The first-order valence-electron chi connectivity index (χ1n) is 4.73. The molecule has 0 saturated heterocycles. The van der Waals surface area contributed by atoms with Gasteiger partial charge in [0.2, 0.25) is 0 Å². The number of hydrogen-bond donors (Lipinski definition) is 1. The van der Waals surface area contributed by atoms with Crippen LogP contribution >= 0.6 is 27.5 Å². The summed E-state index contributed by atoms with van der Waals surface area (Å²) in [6, 6.07) is 1.94. The van der Waals surface area contributed by atoms with E-state index >= 15 is 0 Å². The van der Waals surface area contributed by atoms with Gasteiger partial charge in [-0.15, -0.1) is 5.10 Å². The Labute approximate surface area is 106 Å². The standard InChI is InChI=1S/C10H10BrN3OS/c1-6-10(16-14-13-6)9(15)3-7-2-8(11)5-12-4-7/h2,4-5,9,15H,3H2,1H3. The third-order valence-electron chi connectivity index (χ3n) is 2.18. The van der Waals surface area contributed by atoms with Gasteiger partial charge in [0.05, 0.1) is 16.7 Å². The molecule has 16 heavy (non-hydrogen) atoms. The van der Waals surface area contributed by atoms with E-state index in [9.17, 15) is 5.11 Å². The second-order valence-corrected chi connectivity index (χ2v) is 5.16. The van der Waals surface area contributed by atoms with Crippen molar-refractivity contribution in [1.29, 1.82) is 0 Å². The molecule has 2 aromatic rings. The van der Waals surface area contributed by atoms with Crippen molar-refractivity contribution in [2.45, 2.75) is 19.4 Å². The van der Waals surface area contributed by atoms with Gasteiger partial charge in [0.25, 0.3) is 0 Å². The molecular weight excluding hydrogens is 290 g/mol. The summed E-state index contributed by atoms with van der Waals surface area (Å²) in [5.41, 5.74) is 1.77. The van der Waals surface area contributed by atoms with Gasteiger partial charge in [-0.3, -0.25) is 4.98 Å². The van der Waals surface area contributed by atoms with Crippen LogP contribution in [0.15, 0.2) is 22.9 Å². The monoisotopic (exact) mass is 299 g/mol. The molecule has 2 rings (SSSR count). The fraction of sp³-hybridized carbons (Fsp3) is 0.300. The van der Waals surface area contributed by atoms with E-state index in [0.29, 0.717) is 6.42 Å². The van der Waals surface area contributed by atoms with Crippen LogP contribution in [0.2, 0.25) is 0 Å². The molecule has 0 fully saturated rings. The van der Waals surface area contributed by atoms with Crippen molar-refractivity contribution in [1.82, 2.24) is 14.6 Å². The average molecular weight is 300 g/mol. The van der Waals surface area contributed by atoms with Crippen molar-refractivity contribution >= 4 is 27.5 Å². The smallest absolute Gasteiger partial charge is 0.0957 e. The number of hydrogen-bond acceptors (Lipinski definition) is 5. The van der Waals surface area contributed by atoms with Crippen molar-refractivity contribution in [3.05, 3.63) is 39.1 Å². The number of aliphatic hydroxyl groups excluding tert-OH is 1. The number of rotatable bonds is 3. The highest BCUT2D eigenvalue weighted by molar-refractivity contribution is 9.10. The van der Waals surface area contributed by atoms with E-state index in [-0.39, 0.29) is 0 Å². The van der Waals surface area contributed by atoms with E-state index in [0.717, 1.165) is 20.6 Å². The van der Waals surface area contributed by atoms with Crippen LogP contribution in [0.1, 0.15) is 22.2 Å². The van der Waals surface area contributed by atoms with Crippen LogP contribution in [-0.2, 0) is 6.42 Å². The Balaban J connectivity index is 2.14. The third kappa shape index (κ3) is 2.63. The molecule has 6 heteroatoms. The maximum Gasteiger partial charge on any atom is 0.0957 e. The predicted octanol–water partition coefficient (Wildman–Crippen LogP) is 2.28. The largest absolute Gasteiger partial charge is 0.387 e. The lowest BCUT2D eigenvalue weighted by Gasteiger charge is -2.08. The molecule has 0 bridgehead atoms. The van der Waals surface area contributed by atoms with Crippen LogP contribution < -0.4 is 0 Å². The van der Waals surface area contributed by atoms with E-state index in [1.165, 1.54) is 11.5 Å². The molecule has 1 unspecified atom stereocenters. The minimum absolute atomic E-state index is 0.525. The van der Waals surface area contributed by atoms with Crippen molar-refractivity contribution < 1.29 is 5.11 Å². The van der Waals surface area contributed by atoms with Crippen molar-refractivity contribution in [2.75, 3.05) is 0 Å². The van der Waals surface area contributed by atoms with E-state index in [1.807, 2.05) is 13.0 Å². The number of nitrogens with zero attached hydrogens (tertiary/aromatic N) is 3. The Morgan fingerprint density at radius 1 is 1.50 bits per heavy atom. The minimum Gasteiger partial charge on any atom is -0.387 e. The number of aromatic nitrogens is 3. The molecule has 0 spiro atoms. The predicted molar refractivity (Wildman–Crippen MR) is 65.2 cm³/mol. The maximum absolute atomic E-state index is 10.0. The molecule has 2 heterocycles. The van der Waals surface area contributed by atoms with Gasteiger partial charge in [0, 0.05) is 23.3 Å². The van der Waals surface area contributed by atoms with Crippen LogP contribution in [-0.4, -0.2) is 19.7 Å². The van der Waals surface area contributed by atoms with Crippen LogP contribution in [0.25, 0.3) is 0 Å². The van der Waals surface area contributed by atoms with Crippen LogP contribution in [0.5, 0.6) is 0 Å².